The summed E-state index contributed by atoms with van der Waals surface area (Å²) in [4.78, 5) is 11.3. The van der Waals surface area contributed by atoms with Crippen LogP contribution in [0.2, 0.25) is 0 Å². The fraction of sp³-hybridized carbons (Fsp3) is 0.300. The van der Waals surface area contributed by atoms with E-state index in [1.54, 1.807) is 6.08 Å². The van der Waals surface area contributed by atoms with Gasteiger partial charge in [-0.3, -0.25) is 9.48 Å². The van der Waals surface area contributed by atoms with E-state index < -0.39 is 5.91 Å². The molecule has 0 atom stereocenters. The van der Waals surface area contributed by atoms with Gasteiger partial charge in [-0.25, -0.2) is 0 Å². The predicted octanol–water partition coefficient (Wildman–Crippen LogP) is 0.474. The summed E-state index contributed by atoms with van der Waals surface area (Å²) in [7, 11) is 0. The van der Waals surface area contributed by atoms with Crippen LogP contribution in [0.15, 0.2) is 18.9 Å². The molecule has 0 aliphatic heterocycles. The van der Waals surface area contributed by atoms with Crippen molar-refractivity contribution < 1.29 is 4.79 Å². The number of primary amides is 1. The number of nitrogens with two attached hydrogens (primary N) is 1. The van der Waals surface area contributed by atoms with Gasteiger partial charge in [0.1, 0.15) is 5.69 Å². The molecule has 4 N–H and O–H groups in total. The lowest BCUT2D eigenvalue weighted by Crippen LogP contribution is -2.29. The monoisotopic (exact) mass is 253 g/mol. The molecular weight excluding hydrogens is 238 g/mol. The maximum Gasteiger partial charge on any atom is 0.269 e. The molecule has 1 amide bonds. The Morgan fingerprint density at radius 2 is 2.47 bits per heavy atom. The number of thiocarbonyl (C=S) groups is 1. The summed E-state index contributed by atoms with van der Waals surface area (Å²) in [6.45, 7) is 6.54. The number of amides is 1. The summed E-state index contributed by atoms with van der Waals surface area (Å²) >= 11 is 5.03. The van der Waals surface area contributed by atoms with E-state index in [0.29, 0.717) is 29.6 Å². The normalized spacial score (nSPS) is 9.71. The molecule has 1 heterocycles. The van der Waals surface area contributed by atoms with Crippen LogP contribution in [0.4, 0.5) is 5.69 Å². The van der Waals surface area contributed by atoms with Crippen molar-refractivity contribution in [3.8, 4) is 0 Å². The van der Waals surface area contributed by atoms with Crippen molar-refractivity contribution in [2.45, 2.75) is 13.5 Å². The minimum Gasteiger partial charge on any atom is -0.364 e. The second-order valence-corrected chi connectivity index (χ2v) is 3.62. The van der Waals surface area contributed by atoms with Gasteiger partial charge in [0.05, 0.1) is 11.9 Å². The Morgan fingerprint density at radius 1 is 1.76 bits per heavy atom. The number of aromatic nitrogens is 2. The zero-order chi connectivity index (χ0) is 12.8. The summed E-state index contributed by atoms with van der Waals surface area (Å²) in [6, 6.07) is 0. The van der Waals surface area contributed by atoms with Crippen LogP contribution < -0.4 is 16.4 Å². The van der Waals surface area contributed by atoms with Crippen molar-refractivity contribution in [3.05, 3.63) is 24.5 Å². The third-order valence-electron chi connectivity index (χ3n) is 2.03. The van der Waals surface area contributed by atoms with E-state index in [1.807, 2.05) is 6.92 Å². The molecule has 0 aliphatic carbocycles. The molecule has 0 unspecified atom stereocenters. The molecular formula is C10H15N5OS. The summed E-state index contributed by atoms with van der Waals surface area (Å²) in [5, 5.41) is 10.2. The van der Waals surface area contributed by atoms with Crippen molar-refractivity contribution in [2.75, 3.05) is 11.9 Å². The third kappa shape index (κ3) is 3.28. The molecule has 0 saturated carbocycles. The molecule has 1 aromatic heterocycles. The second kappa shape index (κ2) is 6.00. The molecule has 1 aromatic rings. The first-order valence-corrected chi connectivity index (χ1v) is 5.52. The average molecular weight is 253 g/mol. The molecule has 92 valence electrons. The van der Waals surface area contributed by atoms with Crippen LogP contribution in [0.3, 0.4) is 0 Å². The number of hydrogen-bond acceptors (Lipinski definition) is 3. The highest BCUT2D eigenvalue weighted by Gasteiger charge is 2.15. The van der Waals surface area contributed by atoms with Gasteiger partial charge in [-0.1, -0.05) is 6.08 Å². The lowest BCUT2D eigenvalue weighted by molar-refractivity contribution is 0.0991. The quantitative estimate of drug-likeness (QED) is 0.525. The fourth-order valence-corrected chi connectivity index (χ4v) is 1.50. The first kappa shape index (κ1) is 13.2. The molecule has 0 bridgehead atoms. The van der Waals surface area contributed by atoms with Gasteiger partial charge in [-0.15, -0.1) is 6.58 Å². The number of nitrogens with one attached hydrogen (secondary N) is 2. The first-order chi connectivity index (χ1) is 8.10. The van der Waals surface area contributed by atoms with Gasteiger partial charge in [-0.05, 0) is 19.1 Å². The Hall–Kier alpha value is -1.89. The Balaban J connectivity index is 2.84. The molecule has 0 aliphatic rings. The van der Waals surface area contributed by atoms with Crippen molar-refractivity contribution in [2.24, 2.45) is 5.73 Å². The lowest BCUT2D eigenvalue weighted by atomic mass is 10.3. The molecule has 0 spiro atoms. The van der Waals surface area contributed by atoms with Gasteiger partial charge in [0, 0.05) is 13.1 Å². The van der Waals surface area contributed by atoms with Gasteiger partial charge in [0.25, 0.3) is 5.91 Å². The van der Waals surface area contributed by atoms with Gasteiger partial charge in [0.2, 0.25) is 0 Å². The standard InChI is InChI=1S/C10H15N5OS/c1-3-5-12-10(17)14-7-6-13-15(4-2)8(7)9(11)16/h3,6H,1,4-5H2,2H3,(H2,11,16)(H2,12,14,17). The van der Waals surface area contributed by atoms with Crippen LogP contribution in [0, 0.1) is 0 Å². The topological polar surface area (TPSA) is 85.0 Å². The Morgan fingerprint density at radius 3 is 3.00 bits per heavy atom. The summed E-state index contributed by atoms with van der Waals surface area (Å²) in [5.41, 5.74) is 6.11. The van der Waals surface area contributed by atoms with Crippen LogP contribution in [-0.4, -0.2) is 27.3 Å². The van der Waals surface area contributed by atoms with Crippen LogP contribution in [0.5, 0.6) is 0 Å². The Kier molecular flexibility index (Phi) is 4.65. The van der Waals surface area contributed by atoms with Crippen LogP contribution in [-0.2, 0) is 6.54 Å². The van der Waals surface area contributed by atoms with Gasteiger partial charge < -0.3 is 16.4 Å². The minimum absolute atomic E-state index is 0.315. The van der Waals surface area contributed by atoms with Gasteiger partial charge in [0.15, 0.2) is 5.11 Å². The molecule has 6 nitrogen and oxygen atoms in total. The van der Waals surface area contributed by atoms with Crippen molar-refractivity contribution in [3.63, 3.8) is 0 Å². The van der Waals surface area contributed by atoms with Crippen molar-refractivity contribution in [1.29, 1.82) is 0 Å². The average Bonchev–Trinajstić information content (AvgIpc) is 2.69. The van der Waals surface area contributed by atoms with Gasteiger partial charge >= 0.3 is 0 Å². The molecule has 1 rings (SSSR count). The third-order valence-corrected chi connectivity index (χ3v) is 2.27. The number of nitrogens with zero attached hydrogens (tertiary/aromatic N) is 2. The molecule has 0 fully saturated rings. The van der Waals surface area contributed by atoms with E-state index >= 15 is 0 Å². The summed E-state index contributed by atoms with van der Waals surface area (Å²) < 4.78 is 1.51. The highest BCUT2D eigenvalue weighted by Crippen LogP contribution is 2.14. The maximum absolute atomic E-state index is 11.3. The van der Waals surface area contributed by atoms with Crippen molar-refractivity contribution >= 4 is 28.9 Å². The second-order valence-electron chi connectivity index (χ2n) is 3.21. The zero-order valence-corrected chi connectivity index (χ0v) is 10.4. The van der Waals surface area contributed by atoms with Crippen molar-refractivity contribution in [1.82, 2.24) is 15.1 Å². The molecule has 17 heavy (non-hydrogen) atoms. The smallest absolute Gasteiger partial charge is 0.269 e. The number of anilines is 1. The maximum atomic E-state index is 11.3. The number of carbonyl (C=O) groups is 1. The number of hydrogen-bond donors (Lipinski definition) is 3. The van der Waals surface area contributed by atoms with E-state index in [1.165, 1.54) is 10.9 Å². The van der Waals surface area contributed by atoms with E-state index in [9.17, 15) is 4.79 Å². The predicted molar refractivity (Wildman–Crippen MR) is 70.8 cm³/mol. The molecule has 0 saturated heterocycles. The van der Waals surface area contributed by atoms with E-state index in [2.05, 4.69) is 22.3 Å². The Bertz CT molecular complexity index is 440. The zero-order valence-electron chi connectivity index (χ0n) is 9.56. The lowest BCUT2D eigenvalue weighted by Gasteiger charge is -2.08. The fourth-order valence-electron chi connectivity index (χ4n) is 1.31. The van der Waals surface area contributed by atoms with Gasteiger partial charge in [-0.2, -0.15) is 5.10 Å². The SMILES string of the molecule is C=CCNC(=S)Nc1cnn(CC)c1C(N)=O. The first-order valence-electron chi connectivity index (χ1n) is 5.11. The molecule has 0 aromatic carbocycles. The number of aryl methyl sites for hydroxylation is 1. The summed E-state index contributed by atoms with van der Waals surface area (Å²) in [6.07, 6.45) is 3.20. The minimum atomic E-state index is -0.543. The summed E-state index contributed by atoms with van der Waals surface area (Å²) in [5.74, 6) is -0.543. The van der Waals surface area contributed by atoms with E-state index in [-0.39, 0.29) is 0 Å². The van der Waals surface area contributed by atoms with E-state index in [0.717, 1.165) is 0 Å². The number of rotatable bonds is 5. The molecule has 0 radical (unpaired) electrons. The highest BCUT2D eigenvalue weighted by atomic mass is 32.1. The Labute approximate surface area is 105 Å². The largest absolute Gasteiger partial charge is 0.364 e. The number of carbonyl (C=O) groups excluding carboxylic acids is 1. The van der Waals surface area contributed by atoms with E-state index in [4.69, 9.17) is 18.0 Å². The van der Waals surface area contributed by atoms with Crippen LogP contribution in [0.25, 0.3) is 0 Å². The van der Waals surface area contributed by atoms with Crippen LogP contribution in [0.1, 0.15) is 17.4 Å². The van der Waals surface area contributed by atoms with Crippen LogP contribution >= 0.6 is 12.2 Å². The highest BCUT2D eigenvalue weighted by molar-refractivity contribution is 7.80. The molecule has 7 heteroatoms.